The van der Waals surface area contributed by atoms with E-state index in [0.717, 1.165) is 5.56 Å². The summed E-state index contributed by atoms with van der Waals surface area (Å²) in [6.45, 7) is 0.781. The quantitative estimate of drug-likeness (QED) is 0.814. The standard InChI is InChI=1S/C14H20FN3O/c1-16-13(19)9-18(2)14-10(4-3-5-12(14)15)8-17-11-6-7-11/h3-5,11,17H,6-9H2,1-2H3,(H,16,19). The third-order valence-corrected chi connectivity index (χ3v) is 3.27. The molecule has 0 saturated heterocycles. The van der Waals surface area contributed by atoms with Gasteiger partial charge in [-0.1, -0.05) is 12.1 Å². The first-order valence-corrected chi connectivity index (χ1v) is 6.54. The predicted molar refractivity (Wildman–Crippen MR) is 73.6 cm³/mol. The van der Waals surface area contributed by atoms with Crippen molar-refractivity contribution in [3.8, 4) is 0 Å². The minimum atomic E-state index is -0.290. The third-order valence-electron chi connectivity index (χ3n) is 3.27. The highest BCUT2D eigenvalue weighted by molar-refractivity contribution is 5.81. The van der Waals surface area contributed by atoms with Crippen molar-refractivity contribution in [2.45, 2.75) is 25.4 Å². The lowest BCUT2D eigenvalue weighted by Gasteiger charge is -2.22. The van der Waals surface area contributed by atoms with Gasteiger partial charge in [0.25, 0.3) is 0 Å². The summed E-state index contributed by atoms with van der Waals surface area (Å²) in [5, 5.41) is 5.91. The lowest BCUT2D eigenvalue weighted by atomic mass is 10.1. The van der Waals surface area contributed by atoms with Gasteiger partial charge in [-0.05, 0) is 24.5 Å². The van der Waals surface area contributed by atoms with Gasteiger partial charge in [-0.15, -0.1) is 0 Å². The summed E-state index contributed by atoms with van der Waals surface area (Å²) < 4.78 is 14.0. The Kier molecular flexibility index (Phi) is 4.37. The zero-order valence-electron chi connectivity index (χ0n) is 11.4. The smallest absolute Gasteiger partial charge is 0.239 e. The largest absolute Gasteiger partial charge is 0.363 e. The molecule has 0 unspecified atom stereocenters. The van der Waals surface area contributed by atoms with Gasteiger partial charge in [-0.25, -0.2) is 4.39 Å². The van der Waals surface area contributed by atoms with Crippen LogP contribution in [0.5, 0.6) is 0 Å². The number of likely N-dealkylation sites (N-methyl/N-ethyl adjacent to an activating group) is 2. The molecule has 0 bridgehead atoms. The van der Waals surface area contributed by atoms with Crippen LogP contribution in [0.3, 0.4) is 0 Å². The Hall–Kier alpha value is -1.62. The molecule has 0 aliphatic heterocycles. The van der Waals surface area contributed by atoms with Gasteiger partial charge in [-0.3, -0.25) is 4.79 Å². The van der Waals surface area contributed by atoms with Crippen molar-refractivity contribution >= 4 is 11.6 Å². The van der Waals surface area contributed by atoms with E-state index in [-0.39, 0.29) is 18.3 Å². The summed E-state index contributed by atoms with van der Waals surface area (Å²) in [5.41, 5.74) is 1.39. The van der Waals surface area contributed by atoms with Crippen molar-refractivity contribution in [1.29, 1.82) is 0 Å². The maximum Gasteiger partial charge on any atom is 0.239 e. The van der Waals surface area contributed by atoms with Crippen molar-refractivity contribution in [1.82, 2.24) is 10.6 Å². The van der Waals surface area contributed by atoms with E-state index in [1.807, 2.05) is 6.07 Å². The second kappa shape index (κ2) is 6.02. The van der Waals surface area contributed by atoms with Gasteiger partial charge in [0.05, 0.1) is 12.2 Å². The van der Waals surface area contributed by atoms with Gasteiger partial charge in [0.15, 0.2) is 0 Å². The number of hydrogen-bond acceptors (Lipinski definition) is 3. The van der Waals surface area contributed by atoms with Crippen LogP contribution in [0.15, 0.2) is 18.2 Å². The molecular weight excluding hydrogens is 245 g/mol. The Morgan fingerprint density at radius 3 is 2.84 bits per heavy atom. The fraction of sp³-hybridized carbons (Fsp3) is 0.500. The summed E-state index contributed by atoms with van der Waals surface area (Å²) in [4.78, 5) is 13.1. The van der Waals surface area contributed by atoms with E-state index in [0.29, 0.717) is 18.3 Å². The fourth-order valence-corrected chi connectivity index (χ4v) is 2.05. The Balaban J connectivity index is 2.13. The second-order valence-corrected chi connectivity index (χ2v) is 4.93. The minimum Gasteiger partial charge on any atom is -0.363 e. The number of anilines is 1. The van der Waals surface area contributed by atoms with Gasteiger partial charge in [0, 0.05) is 26.7 Å². The van der Waals surface area contributed by atoms with E-state index in [9.17, 15) is 9.18 Å². The van der Waals surface area contributed by atoms with Crippen LogP contribution in [0.4, 0.5) is 10.1 Å². The Labute approximate surface area is 113 Å². The molecular formula is C14H20FN3O. The maximum atomic E-state index is 14.0. The molecule has 104 valence electrons. The molecule has 0 spiro atoms. The highest BCUT2D eigenvalue weighted by Gasteiger charge is 2.21. The van der Waals surface area contributed by atoms with Crippen molar-refractivity contribution in [3.05, 3.63) is 29.6 Å². The van der Waals surface area contributed by atoms with Gasteiger partial charge in [0.2, 0.25) is 5.91 Å². The summed E-state index contributed by atoms with van der Waals surface area (Å²) in [6, 6.07) is 5.60. The van der Waals surface area contributed by atoms with Crippen LogP contribution < -0.4 is 15.5 Å². The van der Waals surface area contributed by atoms with Crippen LogP contribution >= 0.6 is 0 Å². The number of nitrogens with one attached hydrogen (secondary N) is 2. The molecule has 1 aliphatic rings. The maximum absolute atomic E-state index is 14.0. The molecule has 0 heterocycles. The van der Waals surface area contributed by atoms with E-state index in [1.54, 1.807) is 25.1 Å². The number of carbonyl (C=O) groups is 1. The minimum absolute atomic E-state index is 0.133. The molecule has 1 aromatic rings. The van der Waals surface area contributed by atoms with Crippen molar-refractivity contribution in [2.75, 3.05) is 25.5 Å². The van der Waals surface area contributed by atoms with Gasteiger partial charge in [-0.2, -0.15) is 0 Å². The van der Waals surface area contributed by atoms with E-state index < -0.39 is 0 Å². The fourth-order valence-electron chi connectivity index (χ4n) is 2.05. The molecule has 1 aliphatic carbocycles. The number of nitrogens with zero attached hydrogens (tertiary/aromatic N) is 1. The first-order valence-electron chi connectivity index (χ1n) is 6.54. The normalized spacial score (nSPS) is 14.3. The summed E-state index contributed by atoms with van der Waals surface area (Å²) >= 11 is 0. The number of rotatable bonds is 6. The highest BCUT2D eigenvalue weighted by atomic mass is 19.1. The van der Waals surface area contributed by atoms with Gasteiger partial charge in [0.1, 0.15) is 5.82 Å². The first kappa shape index (κ1) is 13.8. The number of benzene rings is 1. The molecule has 1 fully saturated rings. The molecule has 0 radical (unpaired) electrons. The van der Waals surface area contributed by atoms with Gasteiger partial charge < -0.3 is 15.5 Å². The molecule has 1 saturated carbocycles. The number of hydrogen-bond donors (Lipinski definition) is 2. The molecule has 0 atom stereocenters. The number of halogens is 1. The molecule has 0 aromatic heterocycles. The Morgan fingerprint density at radius 1 is 1.47 bits per heavy atom. The van der Waals surface area contributed by atoms with Gasteiger partial charge >= 0.3 is 0 Å². The predicted octanol–water partition coefficient (Wildman–Crippen LogP) is 1.26. The van der Waals surface area contributed by atoms with E-state index >= 15 is 0 Å². The average molecular weight is 265 g/mol. The zero-order chi connectivity index (χ0) is 13.8. The highest BCUT2D eigenvalue weighted by Crippen LogP contribution is 2.25. The van der Waals surface area contributed by atoms with Crippen LogP contribution in [-0.2, 0) is 11.3 Å². The molecule has 5 heteroatoms. The molecule has 19 heavy (non-hydrogen) atoms. The Morgan fingerprint density at radius 2 is 2.21 bits per heavy atom. The molecule has 2 rings (SSSR count). The van der Waals surface area contributed by atoms with Crippen molar-refractivity contribution in [2.24, 2.45) is 0 Å². The van der Waals surface area contributed by atoms with Crippen molar-refractivity contribution in [3.63, 3.8) is 0 Å². The van der Waals surface area contributed by atoms with E-state index in [4.69, 9.17) is 0 Å². The number of carbonyl (C=O) groups excluding carboxylic acids is 1. The van der Waals surface area contributed by atoms with Crippen LogP contribution in [0, 0.1) is 5.82 Å². The molecule has 4 nitrogen and oxygen atoms in total. The van der Waals surface area contributed by atoms with Crippen LogP contribution in [0.25, 0.3) is 0 Å². The van der Waals surface area contributed by atoms with Crippen LogP contribution in [-0.4, -0.2) is 32.6 Å². The van der Waals surface area contributed by atoms with Crippen molar-refractivity contribution < 1.29 is 9.18 Å². The SMILES string of the molecule is CNC(=O)CN(C)c1c(F)cccc1CNC1CC1. The summed E-state index contributed by atoms with van der Waals surface area (Å²) in [7, 11) is 3.31. The third kappa shape index (κ3) is 3.67. The summed E-state index contributed by atoms with van der Waals surface area (Å²) in [5.74, 6) is -0.423. The lowest BCUT2D eigenvalue weighted by Crippen LogP contribution is -2.34. The van der Waals surface area contributed by atoms with Crippen LogP contribution in [0.1, 0.15) is 18.4 Å². The Bertz CT molecular complexity index is 460. The number of amides is 1. The molecule has 1 amide bonds. The monoisotopic (exact) mass is 265 g/mol. The van der Waals surface area contributed by atoms with E-state index in [1.165, 1.54) is 18.9 Å². The second-order valence-electron chi connectivity index (χ2n) is 4.93. The van der Waals surface area contributed by atoms with E-state index in [2.05, 4.69) is 10.6 Å². The number of para-hydroxylation sites is 1. The first-order chi connectivity index (χ1) is 9.11. The molecule has 2 N–H and O–H groups in total. The van der Waals surface area contributed by atoms with Crippen LogP contribution in [0.2, 0.25) is 0 Å². The summed E-state index contributed by atoms with van der Waals surface area (Å²) in [6.07, 6.45) is 2.39. The zero-order valence-corrected chi connectivity index (χ0v) is 11.4. The topological polar surface area (TPSA) is 44.4 Å². The lowest BCUT2D eigenvalue weighted by molar-refractivity contribution is -0.119. The molecule has 1 aromatic carbocycles. The average Bonchev–Trinajstić information content (AvgIpc) is 3.19.